The fraction of sp³-hybridized carbons (Fsp3) is 0.176. The molecular weight excluding hydrogens is 325 g/mol. The van der Waals surface area contributed by atoms with E-state index in [9.17, 15) is 0 Å². The van der Waals surface area contributed by atoms with Gasteiger partial charge < -0.3 is 19.8 Å². The molecule has 6 nitrogen and oxygen atoms in total. The fourth-order valence-corrected chi connectivity index (χ4v) is 2.95. The summed E-state index contributed by atoms with van der Waals surface area (Å²) in [6.07, 6.45) is 1.82. The van der Waals surface area contributed by atoms with E-state index in [1.807, 2.05) is 42.5 Å². The molecule has 0 saturated carbocycles. The van der Waals surface area contributed by atoms with Crippen molar-refractivity contribution >= 4 is 25.1 Å². The number of benzene rings is 2. The number of aromatic nitrogens is 2. The maximum absolute atomic E-state index is 9.05. The summed E-state index contributed by atoms with van der Waals surface area (Å²) in [4.78, 5) is 26.7. The lowest BCUT2D eigenvalue weighted by Gasteiger charge is -2.10. The molecule has 1 aromatic heterocycles. The van der Waals surface area contributed by atoms with Gasteiger partial charge in [-0.1, -0.05) is 24.3 Å². The number of rotatable bonds is 6. The Kier molecular flexibility index (Phi) is 5.20. The maximum atomic E-state index is 9.05. The molecule has 0 aliphatic rings. The van der Waals surface area contributed by atoms with Gasteiger partial charge in [-0.2, -0.15) is 0 Å². The number of nitrogens with one attached hydrogen (secondary N) is 1. The van der Waals surface area contributed by atoms with Crippen LogP contribution in [0.2, 0.25) is 0 Å². The number of methoxy groups -OCH3 is 1. The van der Waals surface area contributed by atoms with Crippen LogP contribution < -0.4 is 10.1 Å². The average molecular weight is 343 g/mol. The van der Waals surface area contributed by atoms with Crippen LogP contribution in [0.4, 0.5) is 5.82 Å². The van der Waals surface area contributed by atoms with Crippen molar-refractivity contribution in [3.8, 4) is 5.75 Å². The average Bonchev–Trinajstić information content (AvgIpc) is 2.60. The Morgan fingerprint density at radius 3 is 2.50 bits per heavy atom. The van der Waals surface area contributed by atoms with Crippen molar-refractivity contribution < 1.29 is 14.5 Å². The van der Waals surface area contributed by atoms with Gasteiger partial charge in [-0.25, -0.2) is 9.97 Å². The molecular formula is C17H18N3O3P. The largest absolute Gasteiger partial charge is 0.497 e. The van der Waals surface area contributed by atoms with Crippen molar-refractivity contribution in [2.24, 2.45) is 0 Å². The highest BCUT2D eigenvalue weighted by molar-refractivity contribution is 7.44. The summed E-state index contributed by atoms with van der Waals surface area (Å²) >= 11 is 0. The first-order valence-electron chi connectivity index (χ1n) is 7.41. The standard InChI is InChI=1S/C17H18N3O3P/c1-23-14-6-7-16-15(8-14)17(20-11-19-16)18-9-12-2-4-13(5-3-12)10-24(21)22/h2-8,11,21-22H,9-10H2,1H3,(H,18,19,20). The summed E-state index contributed by atoms with van der Waals surface area (Å²) < 4.78 is 5.26. The molecule has 0 spiro atoms. The summed E-state index contributed by atoms with van der Waals surface area (Å²) in [5, 5.41) is 4.22. The molecule has 0 saturated heterocycles. The van der Waals surface area contributed by atoms with Crippen molar-refractivity contribution in [3.63, 3.8) is 0 Å². The SMILES string of the molecule is COc1ccc2ncnc(NCc3ccc(CP(O)O)cc3)c2c1. The minimum absolute atomic E-state index is 0.291. The first-order chi connectivity index (χ1) is 11.7. The van der Waals surface area contributed by atoms with E-state index in [1.54, 1.807) is 7.11 Å². The van der Waals surface area contributed by atoms with Crippen LogP contribution in [0.3, 0.4) is 0 Å². The fourth-order valence-electron chi connectivity index (χ4n) is 2.42. The first-order valence-corrected chi connectivity index (χ1v) is 8.84. The highest BCUT2D eigenvalue weighted by atomic mass is 31.2. The van der Waals surface area contributed by atoms with E-state index in [0.717, 1.165) is 33.6 Å². The van der Waals surface area contributed by atoms with Crippen LogP contribution >= 0.6 is 8.38 Å². The molecule has 0 amide bonds. The summed E-state index contributed by atoms with van der Waals surface area (Å²) in [6, 6.07) is 13.4. The van der Waals surface area contributed by atoms with Crippen molar-refractivity contribution in [1.29, 1.82) is 0 Å². The van der Waals surface area contributed by atoms with Crippen LogP contribution in [0.25, 0.3) is 10.9 Å². The highest BCUT2D eigenvalue weighted by Gasteiger charge is 2.06. The molecule has 0 atom stereocenters. The van der Waals surface area contributed by atoms with Crippen LogP contribution in [0.1, 0.15) is 11.1 Å². The Morgan fingerprint density at radius 2 is 1.79 bits per heavy atom. The predicted octanol–water partition coefficient (Wildman–Crippen LogP) is 3.05. The van der Waals surface area contributed by atoms with Crippen LogP contribution in [-0.2, 0) is 12.7 Å². The summed E-state index contributed by atoms with van der Waals surface area (Å²) in [5.74, 6) is 1.51. The van der Waals surface area contributed by atoms with Crippen molar-refractivity contribution in [2.45, 2.75) is 12.7 Å². The van der Waals surface area contributed by atoms with Gasteiger partial charge in [0, 0.05) is 18.1 Å². The molecule has 24 heavy (non-hydrogen) atoms. The van der Waals surface area contributed by atoms with Crippen molar-refractivity contribution in [2.75, 3.05) is 12.4 Å². The minimum atomic E-state index is -1.90. The van der Waals surface area contributed by atoms with Gasteiger partial charge in [0.25, 0.3) is 0 Å². The highest BCUT2D eigenvalue weighted by Crippen LogP contribution is 2.29. The number of fused-ring (bicyclic) bond motifs is 1. The van der Waals surface area contributed by atoms with Gasteiger partial charge in [-0.3, -0.25) is 0 Å². The van der Waals surface area contributed by atoms with Gasteiger partial charge >= 0.3 is 0 Å². The molecule has 0 aliphatic heterocycles. The van der Waals surface area contributed by atoms with E-state index in [-0.39, 0.29) is 0 Å². The molecule has 0 aliphatic carbocycles. The molecule has 3 aromatic rings. The summed E-state index contributed by atoms with van der Waals surface area (Å²) in [5.41, 5.74) is 2.84. The molecule has 3 N–H and O–H groups in total. The van der Waals surface area contributed by atoms with E-state index in [0.29, 0.717) is 12.7 Å². The first kappa shape index (κ1) is 16.6. The smallest absolute Gasteiger partial charge is 0.169 e. The second-order valence-electron chi connectivity index (χ2n) is 5.31. The molecule has 3 rings (SSSR count). The topological polar surface area (TPSA) is 87.5 Å². The van der Waals surface area contributed by atoms with Crippen LogP contribution in [0.5, 0.6) is 5.75 Å². The molecule has 0 radical (unpaired) electrons. The number of hydrogen-bond donors (Lipinski definition) is 3. The Morgan fingerprint density at radius 1 is 1.04 bits per heavy atom. The molecule has 0 unspecified atom stereocenters. The number of nitrogens with zero attached hydrogens (tertiary/aromatic N) is 2. The zero-order valence-electron chi connectivity index (χ0n) is 13.2. The van der Waals surface area contributed by atoms with Crippen molar-refractivity contribution in [3.05, 3.63) is 59.9 Å². The predicted molar refractivity (Wildman–Crippen MR) is 94.9 cm³/mol. The molecule has 124 valence electrons. The molecule has 1 heterocycles. The van der Waals surface area contributed by atoms with Gasteiger partial charge in [0.1, 0.15) is 17.9 Å². The van der Waals surface area contributed by atoms with E-state index in [2.05, 4.69) is 15.3 Å². The maximum Gasteiger partial charge on any atom is 0.169 e. The lowest BCUT2D eigenvalue weighted by molar-refractivity contribution is 0.415. The van der Waals surface area contributed by atoms with Gasteiger partial charge in [0.15, 0.2) is 8.38 Å². The Labute approximate surface area is 141 Å². The minimum Gasteiger partial charge on any atom is -0.497 e. The lowest BCUT2D eigenvalue weighted by atomic mass is 10.1. The second kappa shape index (κ2) is 7.53. The molecule has 0 bridgehead atoms. The van der Waals surface area contributed by atoms with E-state index < -0.39 is 8.38 Å². The van der Waals surface area contributed by atoms with E-state index >= 15 is 0 Å². The van der Waals surface area contributed by atoms with E-state index in [4.69, 9.17) is 14.5 Å². The quantitative estimate of drug-likeness (QED) is 0.596. The molecule has 0 fully saturated rings. The Hall–Kier alpha value is -2.27. The summed E-state index contributed by atoms with van der Waals surface area (Å²) in [6.45, 7) is 0.608. The lowest BCUT2D eigenvalue weighted by Crippen LogP contribution is -2.03. The number of hydrogen-bond acceptors (Lipinski definition) is 6. The molecule has 2 aromatic carbocycles. The number of anilines is 1. The molecule has 7 heteroatoms. The van der Waals surface area contributed by atoms with Crippen LogP contribution in [-0.4, -0.2) is 26.9 Å². The number of ether oxygens (including phenoxy) is 1. The second-order valence-corrected chi connectivity index (χ2v) is 6.37. The monoisotopic (exact) mass is 343 g/mol. The van der Waals surface area contributed by atoms with Gasteiger partial charge in [0.05, 0.1) is 12.6 Å². The zero-order chi connectivity index (χ0) is 16.9. The van der Waals surface area contributed by atoms with Crippen molar-refractivity contribution in [1.82, 2.24) is 9.97 Å². The van der Waals surface area contributed by atoms with E-state index in [1.165, 1.54) is 6.33 Å². The third kappa shape index (κ3) is 3.97. The third-order valence-corrected chi connectivity index (χ3v) is 4.30. The third-order valence-electron chi connectivity index (χ3n) is 3.65. The summed E-state index contributed by atoms with van der Waals surface area (Å²) in [7, 11) is -0.270. The zero-order valence-corrected chi connectivity index (χ0v) is 14.1. The van der Waals surface area contributed by atoms with Crippen LogP contribution in [0, 0.1) is 0 Å². The Balaban J connectivity index is 1.75. The van der Waals surface area contributed by atoms with Gasteiger partial charge in [-0.05, 0) is 29.3 Å². The van der Waals surface area contributed by atoms with Crippen LogP contribution in [0.15, 0.2) is 48.8 Å². The normalized spacial score (nSPS) is 11.0. The Bertz CT molecular complexity index is 825. The van der Waals surface area contributed by atoms with Gasteiger partial charge in [0.2, 0.25) is 0 Å². The van der Waals surface area contributed by atoms with Gasteiger partial charge in [-0.15, -0.1) is 0 Å².